The summed E-state index contributed by atoms with van der Waals surface area (Å²) in [5.74, 6) is -3.10. The summed E-state index contributed by atoms with van der Waals surface area (Å²) in [5.41, 5.74) is 1.06. The molecule has 0 spiro atoms. The Morgan fingerprint density at radius 2 is 1.38 bits per heavy atom. The number of amides is 2. The van der Waals surface area contributed by atoms with Crippen molar-refractivity contribution in [2.45, 2.75) is 33.6 Å². The fraction of sp³-hybridized carbons (Fsp3) is 0.391. The lowest BCUT2D eigenvalue weighted by atomic mass is 9.80. The summed E-state index contributed by atoms with van der Waals surface area (Å²) in [4.78, 5) is 59.1. The Bertz CT molecular complexity index is 1050. The van der Waals surface area contributed by atoms with Crippen molar-refractivity contribution in [1.29, 1.82) is 0 Å². The van der Waals surface area contributed by atoms with Gasteiger partial charge in [0.05, 0.1) is 35.1 Å². The highest BCUT2D eigenvalue weighted by molar-refractivity contribution is 6.00. The number of allylic oxidation sites excluding steroid dienone is 2. The van der Waals surface area contributed by atoms with E-state index in [4.69, 9.17) is 9.47 Å². The number of carbonyl (C=O) groups is 4. The van der Waals surface area contributed by atoms with Gasteiger partial charge < -0.3 is 25.4 Å². The molecular formula is C23H30Cl2N4O8. The van der Waals surface area contributed by atoms with Crippen molar-refractivity contribution in [3.8, 4) is 0 Å². The zero-order chi connectivity index (χ0) is 26.1. The maximum atomic E-state index is 13.1. The smallest absolute Gasteiger partial charge is 0.336 e. The number of nitrogens with zero attached hydrogens (tertiary/aromatic N) is 1. The second-order valence-corrected chi connectivity index (χ2v) is 7.73. The molecular weight excluding hydrogens is 531 g/mol. The molecule has 1 aromatic rings. The third-order valence-electron chi connectivity index (χ3n) is 5.03. The predicted molar refractivity (Wildman–Crippen MR) is 138 cm³/mol. The van der Waals surface area contributed by atoms with Crippen molar-refractivity contribution in [2.75, 3.05) is 26.3 Å². The van der Waals surface area contributed by atoms with Crippen molar-refractivity contribution >= 4 is 54.3 Å². The van der Waals surface area contributed by atoms with Gasteiger partial charge in [0.2, 0.25) is 11.8 Å². The summed E-state index contributed by atoms with van der Waals surface area (Å²) in [5, 5.41) is 19.4. The Hall–Kier alpha value is -3.64. The number of esters is 2. The summed E-state index contributed by atoms with van der Waals surface area (Å²) in [7, 11) is 0. The van der Waals surface area contributed by atoms with E-state index >= 15 is 0 Å². The molecule has 1 aromatic carbocycles. The lowest BCUT2D eigenvalue weighted by molar-refractivity contribution is -0.384. The normalized spacial score (nSPS) is 12.9. The van der Waals surface area contributed by atoms with Crippen LogP contribution in [0.3, 0.4) is 0 Å². The monoisotopic (exact) mass is 560 g/mol. The number of nitro benzene ring substituents is 1. The van der Waals surface area contributed by atoms with E-state index in [0.717, 1.165) is 0 Å². The molecule has 14 heteroatoms. The number of rotatable bonds is 10. The predicted octanol–water partition coefficient (Wildman–Crippen LogP) is 2.03. The maximum Gasteiger partial charge on any atom is 0.336 e. The van der Waals surface area contributed by atoms with Crippen molar-refractivity contribution in [1.82, 2.24) is 16.0 Å². The van der Waals surface area contributed by atoms with Crippen molar-refractivity contribution in [3.05, 3.63) is 62.5 Å². The highest BCUT2D eigenvalue weighted by Crippen LogP contribution is 2.40. The number of hydrogen-bond acceptors (Lipinski definition) is 9. The molecule has 0 saturated heterocycles. The van der Waals surface area contributed by atoms with Gasteiger partial charge in [-0.1, -0.05) is 12.1 Å². The quantitative estimate of drug-likeness (QED) is 0.168. The average Bonchev–Trinajstić information content (AvgIpc) is 2.78. The highest BCUT2D eigenvalue weighted by atomic mass is 35.5. The Morgan fingerprint density at radius 3 is 1.78 bits per heavy atom. The Morgan fingerprint density at radius 1 is 0.919 bits per heavy atom. The first-order valence-corrected chi connectivity index (χ1v) is 10.8. The number of dihydropyridines is 1. The average molecular weight is 561 g/mol. The van der Waals surface area contributed by atoms with Crippen LogP contribution in [-0.2, 0) is 28.7 Å². The SMILES string of the molecule is CC(=O)NCCOC(=O)C1=C(C)NC(C)=C(C(=O)OCCNC(C)=O)C1c1cccc([N+](=O)[O-])c1.Cl.Cl. The maximum absolute atomic E-state index is 13.1. The third kappa shape index (κ3) is 9.39. The lowest BCUT2D eigenvalue weighted by Gasteiger charge is -2.30. The van der Waals surface area contributed by atoms with Crippen LogP contribution in [0.5, 0.6) is 0 Å². The number of nitrogens with one attached hydrogen (secondary N) is 3. The van der Waals surface area contributed by atoms with Gasteiger partial charge in [0.25, 0.3) is 5.69 Å². The number of ether oxygens (including phenoxy) is 2. The molecule has 2 rings (SSSR count). The van der Waals surface area contributed by atoms with E-state index in [2.05, 4.69) is 16.0 Å². The van der Waals surface area contributed by atoms with Crippen LogP contribution in [-0.4, -0.2) is 55.0 Å². The number of hydrogen-bond donors (Lipinski definition) is 3. The molecule has 1 heterocycles. The molecule has 37 heavy (non-hydrogen) atoms. The van der Waals surface area contributed by atoms with Crippen LogP contribution in [0, 0.1) is 10.1 Å². The Balaban J connectivity index is 0.00000648. The van der Waals surface area contributed by atoms with E-state index in [9.17, 15) is 29.3 Å². The van der Waals surface area contributed by atoms with Crippen LogP contribution in [0.4, 0.5) is 5.69 Å². The molecule has 12 nitrogen and oxygen atoms in total. The molecule has 0 unspecified atom stereocenters. The molecule has 0 aromatic heterocycles. The zero-order valence-corrected chi connectivity index (χ0v) is 22.4. The van der Waals surface area contributed by atoms with Gasteiger partial charge in [-0.15, -0.1) is 24.8 Å². The molecule has 0 atom stereocenters. The molecule has 1 aliphatic heterocycles. The van der Waals surface area contributed by atoms with E-state index in [1.165, 1.54) is 32.0 Å². The minimum atomic E-state index is -1.02. The molecule has 0 aliphatic carbocycles. The van der Waals surface area contributed by atoms with Crippen LogP contribution >= 0.6 is 24.8 Å². The molecule has 3 N–H and O–H groups in total. The molecule has 0 bridgehead atoms. The van der Waals surface area contributed by atoms with Crippen molar-refractivity contribution in [2.24, 2.45) is 0 Å². The van der Waals surface area contributed by atoms with E-state index in [0.29, 0.717) is 17.0 Å². The Labute approximate surface area is 226 Å². The van der Waals surface area contributed by atoms with Gasteiger partial charge in [-0.05, 0) is 19.4 Å². The molecule has 0 fully saturated rings. The van der Waals surface area contributed by atoms with Crippen LogP contribution in [0.25, 0.3) is 0 Å². The Kier molecular flexibility index (Phi) is 13.9. The third-order valence-corrected chi connectivity index (χ3v) is 5.03. The van der Waals surface area contributed by atoms with E-state index in [1.807, 2.05) is 0 Å². The largest absolute Gasteiger partial charge is 0.460 e. The molecule has 0 radical (unpaired) electrons. The molecule has 0 saturated carbocycles. The van der Waals surface area contributed by atoms with Crippen LogP contribution in [0.1, 0.15) is 39.2 Å². The van der Waals surface area contributed by atoms with Crippen LogP contribution in [0.2, 0.25) is 0 Å². The van der Waals surface area contributed by atoms with Crippen molar-refractivity contribution in [3.63, 3.8) is 0 Å². The molecule has 2 amide bonds. The van der Waals surface area contributed by atoms with E-state index in [1.54, 1.807) is 19.9 Å². The van der Waals surface area contributed by atoms with Gasteiger partial charge in [-0.25, -0.2) is 9.59 Å². The van der Waals surface area contributed by atoms with Gasteiger partial charge in [-0.2, -0.15) is 0 Å². The summed E-state index contributed by atoms with van der Waals surface area (Å²) in [6.45, 7) is 5.86. The number of nitro groups is 1. The van der Waals surface area contributed by atoms with Gasteiger partial charge in [0.1, 0.15) is 13.2 Å². The first-order valence-electron chi connectivity index (χ1n) is 10.8. The van der Waals surface area contributed by atoms with E-state index in [-0.39, 0.29) is 79.8 Å². The minimum Gasteiger partial charge on any atom is -0.460 e. The summed E-state index contributed by atoms with van der Waals surface area (Å²) in [6, 6.07) is 5.61. The van der Waals surface area contributed by atoms with Gasteiger partial charge in [0.15, 0.2) is 0 Å². The number of benzene rings is 1. The van der Waals surface area contributed by atoms with Gasteiger partial charge >= 0.3 is 11.9 Å². The standard InChI is InChI=1S/C23H28N4O8.2ClH/c1-13-19(22(30)34-10-8-24-15(3)28)21(17-6-5-7-18(12-17)27(32)33)20(14(2)26-13)23(31)35-11-9-25-16(4)29;;/h5-7,12,21,26H,8-11H2,1-4H3,(H,24,28)(H,25,29);2*1H. The van der Waals surface area contributed by atoms with E-state index < -0.39 is 22.8 Å². The van der Waals surface area contributed by atoms with Crippen molar-refractivity contribution < 1.29 is 33.6 Å². The van der Waals surface area contributed by atoms with Gasteiger partial charge in [0, 0.05) is 37.4 Å². The van der Waals surface area contributed by atoms with Crippen LogP contribution in [0.15, 0.2) is 46.8 Å². The second kappa shape index (κ2) is 15.5. The van der Waals surface area contributed by atoms with Gasteiger partial charge in [-0.3, -0.25) is 19.7 Å². The molecule has 204 valence electrons. The molecule has 1 aliphatic rings. The van der Waals surface area contributed by atoms with Crippen LogP contribution < -0.4 is 16.0 Å². The fourth-order valence-electron chi connectivity index (χ4n) is 3.58. The summed E-state index contributed by atoms with van der Waals surface area (Å²) < 4.78 is 10.6. The summed E-state index contributed by atoms with van der Waals surface area (Å²) >= 11 is 0. The number of halogens is 2. The topological polar surface area (TPSA) is 166 Å². The second-order valence-electron chi connectivity index (χ2n) is 7.73. The zero-order valence-electron chi connectivity index (χ0n) is 20.7. The lowest BCUT2D eigenvalue weighted by Crippen LogP contribution is -2.34. The first-order chi connectivity index (χ1) is 16.5. The highest BCUT2D eigenvalue weighted by Gasteiger charge is 2.38. The number of carbonyl (C=O) groups excluding carboxylic acids is 4. The fourth-order valence-corrected chi connectivity index (χ4v) is 3.58. The summed E-state index contributed by atoms with van der Waals surface area (Å²) in [6.07, 6.45) is 0. The minimum absolute atomic E-state index is 0. The number of non-ortho nitro benzene ring substituents is 1. The first kappa shape index (κ1) is 33.4.